The number of rotatable bonds is 11. The van der Waals surface area contributed by atoms with Gasteiger partial charge in [0.2, 0.25) is 0 Å². The molecule has 0 amide bonds. The van der Waals surface area contributed by atoms with E-state index in [0.29, 0.717) is 0 Å². The van der Waals surface area contributed by atoms with Crippen LogP contribution in [0.1, 0.15) is 122 Å². The topological polar surface area (TPSA) is 0 Å². The minimum atomic E-state index is 1.17. The number of hydrogen-bond donors (Lipinski definition) is 0. The van der Waals surface area contributed by atoms with Crippen molar-refractivity contribution in [1.29, 1.82) is 0 Å². The fourth-order valence-corrected chi connectivity index (χ4v) is 10.8. The van der Waals surface area contributed by atoms with Crippen LogP contribution in [0.5, 0.6) is 0 Å². The lowest BCUT2D eigenvalue weighted by Crippen LogP contribution is -2.01. The molecule has 0 heterocycles. The van der Waals surface area contributed by atoms with Gasteiger partial charge in [0.15, 0.2) is 0 Å². The Morgan fingerprint density at radius 2 is 0.500 bits per heavy atom. The SMILES string of the molecule is Cc1cc(C)c(C(=Cc2ccccc2C=Cc2ccc(-c3ccc(C=Cc4ccccc4C=C(c4c(C)cc(C)cc4C)c4c(C)cc(C)cc4C)cc3)cc2)c2c(C)cc(C)cc2C)c(C)c1. The lowest BCUT2D eigenvalue weighted by atomic mass is 9.84. The first kappa shape index (κ1) is 47.2. The summed E-state index contributed by atoms with van der Waals surface area (Å²) in [5.74, 6) is 0. The first-order chi connectivity index (χ1) is 32.6. The van der Waals surface area contributed by atoms with E-state index in [1.54, 1.807) is 0 Å². The van der Waals surface area contributed by atoms with Gasteiger partial charge in [0.1, 0.15) is 0 Å². The van der Waals surface area contributed by atoms with Gasteiger partial charge in [0.25, 0.3) is 0 Å². The Balaban J connectivity index is 1.04. The smallest absolute Gasteiger partial charge is 0.00946 e. The van der Waals surface area contributed by atoms with Gasteiger partial charge in [0, 0.05) is 0 Å². The van der Waals surface area contributed by atoms with E-state index in [2.05, 4.69) is 265 Å². The summed E-state index contributed by atoms with van der Waals surface area (Å²) in [6, 6.07) is 53.8. The van der Waals surface area contributed by atoms with Crippen LogP contribution in [0, 0.1) is 83.1 Å². The highest BCUT2D eigenvalue weighted by Gasteiger charge is 2.19. The second kappa shape index (κ2) is 20.3. The van der Waals surface area contributed by atoms with Crippen LogP contribution in [-0.4, -0.2) is 0 Å². The van der Waals surface area contributed by atoms with Crippen LogP contribution in [0.4, 0.5) is 0 Å². The molecular weight excluding hydrogens is 817 g/mol. The zero-order valence-electron chi connectivity index (χ0n) is 42.3. The molecule has 0 bridgehead atoms. The zero-order chi connectivity index (χ0) is 48.2. The van der Waals surface area contributed by atoms with Crippen LogP contribution >= 0.6 is 0 Å². The highest BCUT2D eigenvalue weighted by Crippen LogP contribution is 2.38. The monoisotopic (exact) mass is 883 g/mol. The molecule has 0 nitrogen and oxygen atoms in total. The molecular formula is C68H66. The Kier molecular flexibility index (Phi) is 14.1. The van der Waals surface area contributed by atoms with Crippen molar-refractivity contribution in [3.05, 3.63) is 268 Å². The average Bonchev–Trinajstić information content (AvgIpc) is 3.27. The summed E-state index contributed by atoms with van der Waals surface area (Å²) in [5.41, 5.74) is 33.0. The predicted molar refractivity (Wildman–Crippen MR) is 299 cm³/mol. The van der Waals surface area contributed by atoms with Crippen LogP contribution in [0.15, 0.2) is 146 Å². The van der Waals surface area contributed by atoms with Crippen molar-refractivity contribution in [1.82, 2.24) is 0 Å². The molecule has 8 aromatic rings. The molecule has 8 aromatic carbocycles. The van der Waals surface area contributed by atoms with Crippen molar-refractivity contribution < 1.29 is 0 Å². The normalized spacial score (nSPS) is 11.4. The Hall–Kier alpha value is -7.28. The van der Waals surface area contributed by atoms with Gasteiger partial charge in [-0.05, 0) is 218 Å². The highest BCUT2D eigenvalue weighted by molar-refractivity contribution is 5.98. The van der Waals surface area contributed by atoms with Crippen molar-refractivity contribution in [3.8, 4) is 11.1 Å². The third-order valence-electron chi connectivity index (χ3n) is 13.4. The van der Waals surface area contributed by atoms with Crippen molar-refractivity contribution in [2.75, 3.05) is 0 Å². The molecule has 0 radical (unpaired) electrons. The molecule has 8 rings (SSSR count). The van der Waals surface area contributed by atoms with Crippen molar-refractivity contribution in [2.45, 2.75) is 83.1 Å². The zero-order valence-corrected chi connectivity index (χ0v) is 42.3. The van der Waals surface area contributed by atoms with E-state index in [1.807, 2.05) is 0 Å². The second-order valence-corrected chi connectivity index (χ2v) is 19.4. The van der Waals surface area contributed by atoms with E-state index in [0.717, 1.165) is 0 Å². The molecule has 0 heteroatoms. The summed E-state index contributed by atoms with van der Waals surface area (Å²) in [5, 5.41) is 0. The summed E-state index contributed by atoms with van der Waals surface area (Å²) in [6.07, 6.45) is 13.8. The third-order valence-corrected chi connectivity index (χ3v) is 13.4. The molecule has 0 N–H and O–H groups in total. The Labute approximate surface area is 407 Å². The van der Waals surface area contributed by atoms with Crippen molar-refractivity contribution >= 4 is 47.6 Å². The molecule has 0 aliphatic rings. The van der Waals surface area contributed by atoms with E-state index >= 15 is 0 Å². The lowest BCUT2D eigenvalue weighted by Gasteiger charge is -2.20. The fraction of sp³-hybridized carbons (Fsp3) is 0.176. The van der Waals surface area contributed by atoms with E-state index < -0.39 is 0 Å². The molecule has 0 spiro atoms. The maximum atomic E-state index is 2.41. The van der Waals surface area contributed by atoms with Crippen molar-refractivity contribution in [2.24, 2.45) is 0 Å². The fourth-order valence-electron chi connectivity index (χ4n) is 10.8. The first-order valence-electron chi connectivity index (χ1n) is 24.1. The van der Waals surface area contributed by atoms with Gasteiger partial charge < -0.3 is 0 Å². The summed E-state index contributed by atoms with van der Waals surface area (Å²) in [6.45, 7) is 26.8. The molecule has 0 unspecified atom stereocenters. The van der Waals surface area contributed by atoms with Crippen LogP contribution in [-0.2, 0) is 0 Å². The minimum absolute atomic E-state index is 1.17. The van der Waals surface area contributed by atoms with Crippen LogP contribution in [0.3, 0.4) is 0 Å². The van der Waals surface area contributed by atoms with Gasteiger partial charge in [-0.2, -0.15) is 0 Å². The molecule has 0 aromatic heterocycles. The van der Waals surface area contributed by atoms with Gasteiger partial charge in [-0.3, -0.25) is 0 Å². The summed E-state index contributed by atoms with van der Waals surface area (Å²) in [4.78, 5) is 0. The van der Waals surface area contributed by atoms with Gasteiger partial charge in [-0.25, -0.2) is 0 Å². The van der Waals surface area contributed by atoms with Crippen LogP contribution < -0.4 is 0 Å². The number of aryl methyl sites for hydroxylation is 12. The first-order valence-corrected chi connectivity index (χ1v) is 24.1. The molecule has 0 aliphatic carbocycles. The van der Waals surface area contributed by atoms with Crippen LogP contribution in [0.2, 0.25) is 0 Å². The molecule has 0 saturated carbocycles. The lowest BCUT2D eigenvalue weighted by molar-refractivity contribution is 1.25. The average molecular weight is 883 g/mol. The van der Waals surface area contributed by atoms with E-state index in [9.17, 15) is 0 Å². The number of hydrogen-bond acceptors (Lipinski definition) is 0. The van der Waals surface area contributed by atoms with Gasteiger partial charge in [-0.1, -0.05) is 192 Å². The van der Waals surface area contributed by atoms with E-state index in [1.165, 1.54) is 145 Å². The number of benzene rings is 8. The Morgan fingerprint density at radius 1 is 0.265 bits per heavy atom. The largest absolute Gasteiger partial charge is 0.0616 e. The molecule has 0 aliphatic heterocycles. The third kappa shape index (κ3) is 10.5. The summed E-state index contributed by atoms with van der Waals surface area (Å²) >= 11 is 0. The molecule has 0 atom stereocenters. The van der Waals surface area contributed by atoms with Gasteiger partial charge >= 0.3 is 0 Å². The molecule has 338 valence electrons. The standard InChI is InChI=1S/C68H66/c1-43-33-47(5)65(48(6)34-43)63(66-49(7)35-44(2)36-50(66)8)41-61-19-15-13-17-57(61)27-21-55-23-29-59(30-24-55)60-31-25-56(26-32-60)22-28-58-18-14-16-20-62(58)42-64(67-51(9)37-45(3)38-52(67)10)68-53(11)39-46(4)40-54(68)12/h13-42H,1-12H3. The highest BCUT2D eigenvalue weighted by atomic mass is 14.2. The van der Waals surface area contributed by atoms with Gasteiger partial charge in [-0.15, -0.1) is 0 Å². The summed E-state index contributed by atoms with van der Waals surface area (Å²) in [7, 11) is 0. The molecule has 68 heavy (non-hydrogen) atoms. The minimum Gasteiger partial charge on any atom is -0.0616 e. The Morgan fingerprint density at radius 3 is 0.750 bits per heavy atom. The van der Waals surface area contributed by atoms with Crippen LogP contribution in [0.25, 0.3) is 58.7 Å². The Bertz CT molecular complexity index is 2860. The van der Waals surface area contributed by atoms with E-state index in [-0.39, 0.29) is 0 Å². The maximum Gasteiger partial charge on any atom is -0.00946 e. The second-order valence-electron chi connectivity index (χ2n) is 19.4. The maximum absolute atomic E-state index is 2.41. The molecule has 0 saturated heterocycles. The quantitative estimate of drug-likeness (QED) is 0.114. The predicted octanol–water partition coefficient (Wildman–Crippen LogP) is 18.6. The van der Waals surface area contributed by atoms with E-state index in [4.69, 9.17) is 0 Å². The molecule has 0 fully saturated rings. The van der Waals surface area contributed by atoms with Gasteiger partial charge in [0.05, 0.1) is 0 Å². The van der Waals surface area contributed by atoms with Crippen molar-refractivity contribution in [3.63, 3.8) is 0 Å². The summed E-state index contributed by atoms with van der Waals surface area (Å²) < 4.78 is 0.